The van der Waals surface area contributed by atoms with E-state index in [-0.39, 0.29) is 30.5 Å². The second kappa shape index (κ2) is 7.97. The van der Waals surface area contributed by atoms with Crippen molar-refractivity contribution in [1.29, 1.82) is 0 Å². The van der Waals surface area contributed by atoms with Crippen LogP contribution in [0.15, 0.2) is 46.9 Å². The molecule has 26 heavy (non-hydrogen) atoms. The summed E-state index contributed by atoms with van der Waals surface area (Å²) in [6.07, 6.45) is 0.406. The number of carbonyl (C=O) groups excluding carboxylic acids is 1. The third-order valence-corrected chi connectivity index (χ3v) is 3.79. The summed E-state index contributed by atoms with van der Waals surface area (Å²) >= 11 is 5.94. The van der Waals surface area contributed by atoms with Gasteiger partial charge in [-0.15, -0.1) is 10.2 Å². The van der Waals surface area contributed by atoms with Crippen LogP contribution >= 0.6 is 11.6 Å². The molecule has 0 aliphatic carbocycles. The standard InChI is InChI=1S/C18H15ClFN3O3/c1-25-15-7-4-12(19)10-14(15)21-16(24)8-9-17-22-23-18(26-17)11-2-5-13(20)6-3-11/h2-7,10H,8-9H2,1H3,(H,21,24). The predicted octanol–water partition coefficient (Wildman–Crippen LogP) is 4.11. The molecule has 0 unspecified atom stereocenters. The molecule has 134 valence electrons. The fourth-order valence-corrected chi connectivity index (χ4v) is 2.45. The van der Waals surface area contributed by atoms with Gasteiger partial charge in [0.1, 0.15) is 11.6 Å². The number of aromatic nitrogens is 2. The van der Waals surface area contributed by atoms with E-state index in [0.29, 0.717) is 27.9 Å². The number of hydrogen-bond donors (Lipinski definition) is 1. The molecule has 0 aliphatic rings. The Hall–Kier alpha value is -2.93. The summed E-state index contributed by atoms with van der Waals surface area (Å²) in [6, 6.07) is 10.7. The second-order valence-electron chi connectivity index (χ2n) is 5.40. The minimum absolute atomic E-state index is 0.140. The van der Waals surface area contributed by atoms with Gasteiger partial charge in [0.2, 0.25) is 17.7 Å². The van der Waals surface area contributed by atoms with Crippen LogP contribution in [0, 0.1) is 5.82 Å². The van der Waals surface area contributed by atoms with Crippen molar-refractivity contribution in [1.82, 2.24) is 10.2 Å². The van der Waals surface area contributed by atoms with Crippen LogP contribution in [0.4, 0.5) is 10.1 Å². The molecule has 1 aromatic heterocycles. The van der Waals surface area contributed by atoms with E-state index >= 15 is 0 Å². The number of methoxy groups -OCH3 is 1. The first-order chi connectivity index (χ1) is 12.5. The first kappa shape index (κ1) is 17.9. The van der Waals surface area contributed by atoms with Crippen molar-refractivity contribution < 1.29 is 18.3 Å². The Morgan fingerprint density at radius 3 is 2.73 bits per heavy atom. The van der Waals surface area contributed by atoms with E-state index in [1.165, 1.54) is 19.2 Å². The van der Waals surface area contributed by atoms with E-state index in [9.17, 15) is 9.18 Å². The lowest BCUT2D eigenvalue weighted by atomic mass is 10.2. The molecule has 1 N–H and O–H groups in total. The molecule has 1 amide bonds. The van der Waals surface area contributed by atoms with Crippen molar-refractivity contribution in [2.24, 2.45) is 0 Å². The zero-order chi connectivity index (χ0) is 18.5. The number of rotatable bonds is 6. The molecule has 3 rings (SSSR count). The Morgan fingerprint density at radius 2 is 2.00 bits per heavy atom. The van der Waals surface area contributed by atoms with E-state index in [2.05, 4.69) is 15.5 Å². The van der Waals surface area contributed by atoms with Crippen molar-refractivity contribution in [3.63, 3.8) is 0 Å². The SMILES string of the molecule is COc1ccc(Cl)cc1NC(=O)CCc1nnc(-c2ccc(F)cc2)o1. The van der Waals surface area contributed by atoms with Crippen LogP contribution in [-0.2, 0) is 11.2 Å². The van der Waals surface area contributed by atoms with Gasteiger partial charge < -0.3 is 14.5 Å². The van der Waals surface area contributed by atoms with Crippen molar-refractivity contribution in [2.75, 3.05) is 12.4 Å². The fraction of sp³-hybridized carbons (Fsp3) is 0.167. The van der Waals surface area contributed by atoms with Crippen molar-refractivity contribution in [3.8, 4) is 17.2 Å². The summed E-state index contributed by atoms with van der Waals surface area (Å²) in [4.78, 5) is 12.1. The highest BCUT2D eigenvalue weighted by Crippen LogP contribution is 2.27. The summed E-state index contributed by atoms with van der Waals surface area (Å²) in [6.45, 7) is 0. The molecule has 0 bridgehead atoms. The minimum atomic E-state index is -0.346. The Bertz CT molecular complexity index is 912. The smallest absolute Gasteiger partial charge is 0.247 e. The topological polar surface area (TPSA) is 77.2 Å². The number of nitrogens with zero attached hydrogens (tertiary/aromatic N) is 2. The molecule has 8 heteroatoms. The minimum Gasteiger partial charge on any atom is -0.495 e. The van der Waals surface area contributed by atoms with Crippen LogP contribution in [0.25, 0.3) is 11.5 Å². The molecule has 3 aromatic rings. The Kier molecular flexibility index (Phi) is 5.48. The number of carbonyl (C=O) groups is 1. The van der Waals surface area contributed by atoms with E-state index < -0.39 is 0 Å². The summed E-state index contributed by atoms with van der Waals surface area (Å²) < 4.78 is 23.6. The molecule has 0 spiro atoms. The normalized spacial score (nSPS) is 10.6. The molecular formula is C18H15ClFN3O3. The van der Waals surface area contributed by atoms with Crippen LogP contribution in [-0.4, -0.2) is 23.2 Å². The Labute approximate surface area is 154 Å². The van der Waals surface area contributed by atoms with Gasteiger partial charge in [-0.25, -0.2) is 4.39 Å². The Morgan fingerprint density at radius 1 is 1.23 bits per heavy atom. The maximum Gasteiger partial charge on any atom is 0.247 e. The number of benzene rings is 2. The maximum absolute atomic E-state index is 12.9. The number of anilines is 1. The average molecular weight is 376 g/mol. The lowest BCUT2D eigenvalue weighted by molar-refractivity contribution is -0.116. The number of halogens is 2. The average Bonchev–Trinajstić information content (AvgIpc) is 3.10. The molecule has 0 saturated carbocycles. The number of ether oxygens (including phenoxy) is 1. The van der Waals surface area contributed by atoms with Crippen LogP contribution < -0.4 is 10.1 Å². The molecule has 1 heterocycles. The maximum atomic E-state index is 12.9. The van der Waals surface area contributed by atoms with E-state index in [1.807, 2.05) is 0 Å². The molecular weight excluding hydrogens is 361 g/mol. The van der Waals surface area contributed by atoms with Gasteiger partial charge in [-0.2, -0.15) is 0 Å². The monoisotopic (exact) mass is 375 g/mol. The molecule has 0 aliphatic heterocycles. The van der Waals surface area contributed by atoms with E-state index in [1.54, 1.807) is 30.3 Å². The van der Waals surface area contributed by atoms with Crippen LogP contribution in [0.1, 0.15) is 12.3 Å². The van der Waals surface area contributed by atoms with Gasteiger partial charge in [-0.1, -0.05) is 11.6 Å². The molecule has 2 aromatic carbocycles. The zero-order valence-electron chi connectivity index (χ0n) is 13.8. The van der Waals surface area contributed by atoms with Gasteiger partial charge in [0.15, 0.2) is 0 Å². The molecule has 0 atom stereocenters. The number of amides is 1. The predicted molar refractivity (Wildman–Crippen MR) is 94.6 cm³/mol. The highest BCUT2D eigenvalue weighted by atomic mass is 35.5. The van der Waals surface area contributed by atoms with Crippen molar-refractivity contribution in [3.05, 3.63) is 59.2 Å². The van der Waals surface area contributed by atoms with Gasteiger partial charge in [0.25, 0.3) is 0 Å². The van der Waals surface area contributed by atoms with Gasteiger partial charge in [-0.3, -0.25) is 4.79 Å². The number of hydrogen-bond acceptors (Lipinski definition) is 5. The quantitative estimate of drug-likeness (QED) is 0.701. The Balaban J connectivity index is 1.60. The lowest BCUT2D eigenvalue weighted by Crippen LogP contribution is -2.13. The highest BCUT2D eigenvalue weighted by Gasteiger charge is 2.12. The van der Waals surface area contributed by atoms with E-state index in [0.717, 1.165) is 0 Å². The van der Waals surface area contributed by atoms with Gasteiger partial charge in [0, 0.05) is 23.4 Å². The van der Waals surface area contributed by atoms with Crippen molar-refractivity contribution >= 4 is 23.2 Å². The van der Waals surface area contributed by atoms with Crippen LogP contribution in [0.2, 0.25) is 5.02 Å². The zero-order valence-corrected chi connectivity index (χ0v) is 14.6. The first-order valence-electron chi connectivity index (χ1n) is 7.77. The van der Waals surface area contributed by atoms with Crippen LogP contribution in [0.3, 0.4) is 0 Å². The number of aryl methyl sites for hydroxylation is 1. The van der Waals surface area contributed by atoms with Crippen molar-refractivity contribution in [2.45, 2.75) is 12.8 Å². The first-order valence-corrected chi connectivity index (χ1v) is 8.14. The molecule has 0 radical (unpaired) electrons. The fourth-order valence-electron chi connectivity index (χ4n) is 2.27. The molecule has 0 fully saturated rings. The van der Waals surface area contributed by atoms with Gasteiger partial charge >= 0.3 is 0 Å². The third kappa shape index (κ3) is 4.37. The highest BCUT2D eigenvalue weighted by molar-refractivity contribution is 6.31. The summed E-state index contributed by atoms with van der Waals surface area (Å²) in [5, 5.41) is 11.0. The van der Waals surface area contributed by atoms with E-state index in [4.69, 9.17) is 20.8 Å². The lowest BCUT2D eigenvalue weighted by Gasteiger charge is -2.10. The van der Waals surface area contributed by atoms with Crippen LogP contribution in [0.5, 0.6) is 5.75 Å². The summed E-state index contributed by atoms with van der Waals surface area (Å²) in [5.74, 6) is 0.516. The molecule has 6 nitrogen and oxygen atoms in total. The number of nitrogens with one attached hydrogen (secondary N) is 1. The van der Waals surface area contributed by atoms with Gasteiger partial charge in [-0.05, 0) is 42.5 Å². The third-order valence-electron chi connectivity index (χ3n) is 3.56. The second-order valence-corrected chi connectivity index (χ2v) is 5.84. The molecule has 0 saturated heterocycles. The largest absolute Gasteiger partial charge is 0.495 e. The summed E-state index contributed by atoms with van der Waals surface area (Å²) in [7, 11) is 1.51. The van der Waals surface area contributed by atoms with Gasteiger partial charge in [0.05, 0.1) is 12.8 Å². The summed E-state index contributed by atoms with van der Waals surface area (Å²) in [5.41, 5.74) is 1.10.